The second kappa shape index (κ2) is 8.67. The molecule has 0 aliphatic rings. The maximum absolute atomic E-state index is 12.6. The molecule has 1 atom stereocenters. The molecule has 0 radical (unpaired) electrons. The Labute approximate surface area is 170 Å². The van der Waals surface area contributed by atoms with E-state index in [2.05, 4.69) is 10.6 Å². The molecular formula is C21H21NO4S2. The number of ketones is 1. The van der Waals surface area contributed by atoms with Crippen molar-refractivity contribution >= 4 is 33.9 Å². The molecule has 5 nitrogen and oxygen atoms in total. The molecule has 2 heterocycles. The Hall–Kier alpha value is -2.51. The number of aromatic nitrogens is 1. The first kappa shape index (κ1) is 20.2. The predicted octanol–water partition coefficient (Wildman–Crippen LogP) is 3.99. The lowest BCUT2D eigenvalue weighted by Gasteiger charge is -2.09. The molecule has 7 heteroatoms. The molecule has 0 saturated carbocycles. The Morgan fingerprint density at radius 2 is 1.86 bits per heavy atom. The maximum atomic E-state index is 12.6. The largest absolute Gasteiger partial charge is 0.454 e. The number of aryl methyl sites for hydroxylation is 1. The maximum Gasteiger partial charge on any atom is 0.339 e. The second-order valence-corrected chi connectivity index (χ2v) is 8.78. The number of benzene rings is 1. The minimum Gasteiger partial charge on any atom is -0.454 e. The van der Waals surface area contributed by atoms with Crippen LogP contribution in [0.15, 0.2) is 52.7 Å². The highest BCUT2D eigenvalue weighted by Crippen LogP contribution is 2.20. The molecule has 0 saturated heterocycles. The minimum atomic E-state index is -1.32. The lowest BCUT2D eigenvalue weighted by Crippen LogP contribution is -2.16. The number of nitrogens with zero attached hydrogens (tertiary/aromatic N) is 1. The summed E-state index contributed by atoms with van der Waals surface area (Å²) in [6.07, 6.45) is 1.50. The van der Waals surface area contributed by atoms with Crippen LogP contribution < -0.4 is 0 Å². The number of hydrogen-bond donors (Lipinski definition) is 0. The lowest BCUT2D eigenvalue weighted by atomic mass is 10.1. The quantitative estimate of drug-likeness (QED) is 0.432. The number of carbonyl (C=O) groups is 2. The van der Waals surface area contributed by atoms with Crippen molar-refractivity contribution in [1.82, 2.24) is 4.57 Å². The van der Waals surface area contributed by atoms with Gasteiger partial charge in [-0.2, -0.15) is 0 Å². The summed E-state index contributed by atoms with van der Waals surface area (Å²) in [5, 5.41) is 2.02. The first-order valence-corrected chi connectivity index (χ1v) is 11.1. The molecule has 0 bridgehead atoms. The third-order valence-corrected chi connectivity index (χ3v) is 6.36. The Kier molecular flexibility index (Phi) is 6.26. The summed E-state index contributed by atoms with van der Waals surface area (Å²) in [6.45, 7) is 4.20. The fraction of sp³-hybridized carbons (Fsp3) is 0.238. The van der Waals surface area contributed by atoms with Crippen LogP contribution in [0.25, 0.3) is 0 Å². The molecule has 1 aromatic carbocycles. The van der Waals surface area contributed by atoms with Crippen molar-refractivity contribution in [3.05, 3.63) is 75.2 Å². The van der Waals surface area contributed by atoms with Crippen LogP contribution in [0.3, 0.4) is 0 Å². The summed E-state index contributed by atoms with van der Waals surface area (Å²) in [5.41, 5.74) is 2.60. The molecule has 146 valence electrons. The van der Waals surface area contributed by atoms with Gasteiger partial charge in [-0.1, -0.05) is 18.2 Å². The molecule has 1 unspecified atom stereocenters. The van der Waals surface area contributed by atoms with Crippen LogP contribution in [0, 0.1) is 13.8 Å². The van der Waals surface area contributed by atoms with Gasteiger partial charge in [-0.05, 0) is 43.5 Å². The summed E-state index contributed by atoms with van der Waals surface area (Å²) < 4.78 is 19.1. The average Bonchev–Trinajstić information content (AvgIpc) is 3.29. The van der Waals surface area contributed by atoms with Gasteiger partial charge >= 0.3 is 5.97 Å². The van der Waals surface area contributed by atoms with Crippen LogP contribution in [0.4, 0.5) is 0 Å². The van der Waals surface area contributed by atoms with Crippen molar-refractivity contribution in [3.8, 4) is 0 Å². The number of thiophene rings is 1. The highest BCUT2D eigenvalue weighted by atomic mass is 32.2. The number of hydrogen-bond acceptors (Lipinski definition) is 5. The molecule has 0 aliphatic heterocycles. The highest BCUT2D eigenvalue weighted by Gasteiger charge is 2.20. The Balaban J connectivity index is 1.72. The van der Waals surface area contributed by atoms with Crippen LogP contribution in [0.1, 0.15) is 37.0 Å². The normalized spacial score (nSPS) is 12.0. The Bertz CT molecular complexity index is 1030. The Morgan fingerprint density at radius 3 is 2.54 bits per heavy atom. The van der Waals surface area contributed by atoms with E-state index in [1.54, 1.807) is 35.6 Å². The molecular weight excluding hydrogens is 394 g/mol. The molecule has 0 fully saturated rings. The SMILES string of the molecule is Cc1cc(C(=O)COC(=O)c2ccccc2S(C)=O)c(C)n1Cc1cccs1. The number of carbonyl (C=O) groups excluding carboxylic acids is 2. The van der Waals surface area contributed by atoms with Gasteiger partial charge in [0.25, 0.3) is 0 Å². The zero-order chi connectivity index (χ0) is 20.3. The van der Waals surface area contributed by atoms with Gasteiger partial charge in [0.2, 0.25) is 5.78 Å². The van der Waals surface area contributed by atoms with Crippen molar-refractivity contribution in [2.45, 2.75) is 25.3 Å². The number of ether oxygens (including phenoxy) is 1. The zero-order valence-electron chi connectivity index (χ0n) is 15.9. The lowest BCUT2D eigenvalue weighted by molar-refractivity contribution is 0.0471. The van der Waals surface area contributed by atoms with E-state index in [4.69, 9.17) is 4.74 Å². The zero-order valence-corrected chi connectivity index (χ0v) is 17.6. The van der Waals surface area contributed by atoms with Crippen molar-refractivity contribution < 1.29 is 18.5 Å². The molecule has 0 aliphatic carbocycles. The van der Waals surface area contributed by atoms with Crippen LogP contribution in [-0.4, -0.2) is 33.4 Å². The van der Waals surface area contributed by atoms with Crippen molar-refractivity contribution in [2.75, 3.05) is 12.9 Å². The fourth-order valence-electron chi connectivity index (χ4n) is 3.06. The summed E-state index contributed by atoms with van der Waals surface area (Å²) in [6, 6.07) is 12.4. The van der Waals surface area contributed by atoms with Crippen LogP contribution in [0.2, 0.25) is 0 Å². The standard InChI is InChI=1S/C21H21NO4S2/c1-14-11-18(15(2)22(14)12-16-7-6-10-27-16)19(23)13-26-21(24)17-8-4-5-9-20(17)28(3)25/h4-11H,12-13H2,1-3H3. The van der Waals surface area contributed by atoms with E-state index in [1.165, 1.54) is 11.1 Å². The number of esters is 1. The molecule has 0 spiro atoms. The minimum absolute atomic E-state index is 0.222. The third-order valence-electron chi connectivity index (χ3n) is 4.52. The number of Topliss-reactive ketones (excluding diaryl/α,β-unsaturated/α-hetero) is 1. The van der Waals surface area contributed by atoms with E-state index in [0.29, 0.717) is 17.0 Å². The average molecular weight is 416 g/mol. The van der Waals surface area contributed by atoms with E-state index in [9.17, 15) is 13.8 Å². The van der Waals surface area contributed by atoms with Gasteiger partial charge in [0, 0.05) is 28.1 Å². The summed E-state index contributed by atoms with van der Waals surface area (Å²) >= 11 is 1.67. The van der Waals surface area contributed by atoms with E-state index in [0.717, 1.165) is 11.4 Å². The predicted molar refractivity (Wildman–Crippen MR) is 111 cm³/mol. The van der Waals surface area contributed by atoms with Crippen LogP contribution in [0.5, 0.6) is 0 Å². The van der Waals surface area contributed by atoms with Gasteiger partial charge in [-0.3, -0.25) is 9.00 Å². The van der Waals surface area contributed by atoms with E-state index in [-0.39, 0.29) is 18.0 Å². The fourth-order valence-corrected chi connectivity index (χ4v) is 4.48. The summed E-state index contributed by atoms with van der Waals surface area (Å²) in [5.74, 6) is -0.902. The molecule has 2 aromatic heterocycles. The molecule has 0 amide bonds. The monoisotopic (exact) mass is 415 g/mol. The van der Waals surface area contributed by atoms with E-state index in [1.807, 2.05) is 31.4 Å². The van der Waals surface area contributed by atoms with Crippen molar-refractivity contribution in [1.29, 1.82) is 0 Å². The van der Waals surface area contributed by atoms with Gasteiger partial charge in [0.1, 0.15) is 0 Å². The van der Waals surface area contributed by atoms with Crippen molar-refractivity contribution in [3.63, 3.8) is 0 Å². The highest BCUT2D eigenvalue weighted by molar-refractivity contribution is 7.84. The Morgan fingerprint density at radius 1 is 1.11 bits per heavy atom. The van der Waals surface area contributed by atoms with Gasteiger partial charge < -0.3 is 9.30 Å². The third kappa shape index (κ3) is 4.31. The molecule has 28 heavy (non-hydrogen) atoms. The van der Waals surface area contributed by atoms with Crippen molar-refractivity contribution in [2.24, 2.45) is 0 Å². The number of rotatable bonds is 7. The van der Waals surface area contributed by atoms with Gasteiger partial charge in [-0.15, -0.1) is 11.3 Å². The van der Waals surface area contributed by atoms with Crippen LogP contribution in [-0.2, 0) is 22.1 Å². The van der Waals surface area contributed by atoms with E-state index < -0.39 is 16.8 Å². The van der Waals surface area contributed by atoms with Gasteiger partial charge in [0.05, 0.1) is 27.8 Å². The first-order chi connectivity index (χ1) is 13.4. The van der Waals surface area contributed by atoms with Gasteiger partial charge in [-0.25, -0.2) is 4.79 Å². The molecule has 0 N–H and O–H groups in total. The molecule has 3 aromatic rings. The smallest absolute Gasteiger partial charge is 0.339 e. The van der Waals surface area contributed by atoms with Crippen LogP contribution >= 0.6 is 11.3 Å². The molecule has 3 rings (SSSR count). The first-order valence-electron chi connectivity index (χ1n) is 8.70. The van der Waals surface area contributed by atoms with Gasteiger partial charge in [0.15, 0.2) is 6.61 Å². The summed E-state index contributed by atoms with van der Waals surface area (Å²) in [4.78, 5) is 26.6. The summed E-state index contributed by atoms with van der Waals surface area (Å²) in [7, 11) is -1.32. The van der Waals surface area contributed by atoms with E-state index >= 15 is 0 Å². The second-order valence-electron chi connectivity index (χ2n) is 6.40. The topological polar surface area (TPSA) is 65.4 Å².